The van der Waals surface area contributed by atoms with Crippen molar-refractivity contribution in [2.24, 2.45) is 11.3 Å². The number of carbonyl (C=O) groups is 1. The summed E-state index contributed by atoms with van der Waals surface area (Å²) in [7, 11) is -1.96. The highest BCUT2D eigenvalue weighted by Crippen LogP contribution is 2.37. The minimum Gasteiger partial charge on any atom is -0.390 e. The van der Waals surface area contributed by atoms with Crippen LogP contribution in [0.15, 0.2) is 0 Å². The van der Waals surface area contributed by atoms with Crippen molar-refractivity contribution < 1.29 is 19.4 Å². The molecule has 2 rings (SSSR count). The SMILES string of the molecule is CC(C)(C)CC[Si](C)(C)[C@@H]1OC(C)(C)O[C@@H]([C@@H](O)C2CCCCC2)C1=O. The number of rotatable bonds is 5. The number of carbonyl (C=O) groups excluding carboxylic acids is 1. The Morgan fingerprint density at radius 1 is 1.15 bits per heavy atom. The standard InChI is InChI=1S/C21H40O4Si/c1-20(2,3)13-14-26(6,7)19-17(23)18(24-21(4,5)25-19)16(22)15-11-9-8-10-12-15/h15-16,18-19,22H,8-14H2,1-7H3/t16-,18-,19-/m0/s1. The second kappa shape index (κ2) is 8.02. The lowest BCUT2D eigenvalue weighted by Gasteiger charge is -2.47. The summed E-state index contributed by atoms with van der Waals surface area (Å²) >= 11 is 0. The van der Waals surface area contributed by atoms with Crippen LogP contribution in [0.25, 0.3) is 0 Å². The van der Waals surface area contributed by atoms with Crippen LogP contribution in [0.4, 0.5) is 0 Å². The van der Waals surface area contributed by atoms with Crippen LogP contribution in [0.1, 0.15) is 73.1 Å². The molecule has 0 radical (unpaired) electrons. The molecular weight excluding hydrogens is 344 g/mol. The van der Waals surface area contributed by atoms with E-state index in [0.717, 1.165) is 38.1 Å². The van der Waals surface area contributed by atoms with Crippen LogP contribution in [0.3, 0.4) is 0 Å². The van der Waals surface area contributed by atoms with Crippen molar-refractivity contribution in [1.29, 1.82) is 0 Å². The fourth-order valence-electron chi connectivity index (χ4n) is 4.22. The first kappa shape index (κ1) is 22.1. The number of hydrogen-bond donors (Lipinski definition) is 1. The van der Waals surface area contributed by atoms with Gasteiger partial charge in [0.25, 0.3) is 0 Å². The van der Waals surface area contributed by atoms with E-state index < -0.39 is 31.8 Å². The van der Waals surface area contributed by atoms with E-state index in [-0.39, 0.29) is 17.1 Å². The van der Waals surface area contributed by atoms with E-state index in [9.17, 15) is 9.90 Å². The van der Waals surface area contributed by atoms with E-state index in [1.165, 1.54) is 6.42 Å². The Hall–Kier alpha value is -0.233. The van der Waals surface area contributed by atoms with Crippen molar-refractivity contribution in [1.82, 2.24) is 0 Å². The van der Waals surface area contributed by atoms with Gasteiger partial charge in [-0.2, -0.15) is 0 Å². The molecule has 0 unspecified atom stereocenters. The molecule has 5 heteroatoms. The molecule has 0 spiro atoms. The monoisotopic (exact) mass is 384 g/mol. The molecule has 0 bridgehead atoms. The maximum absolute atomic E-state index is 13.3. The highest BCUT2D eigenvalue weighted by atomic mass is 28.3. The van der Waals surface area contributed by atoms with E-state index in [2.05, 4.69) is 33.9 Å². The molecule has 0 aromatic heterocycles. The van der Waals surface area contributed by atoms with Gasteiger partial charge in [0.15, 0.2) is 11.6 Å². The Kier molecular flexibility index (Phi) is 6.80. The average Bonchev–Trinajstić information content (AvgIpc) is 2.54. The van der Waals surface area contributed by atoms with Gasteiger partial charge in [0, 0.05) is 0 Å². The topological polar surface area (TPSA) is 55.8 Å². The molecule has 1 N–H and O–H groups in total. The van der Waals surface area contributed by atoms with Crippen LogP contribution in [0.5, 0.6) is 0 Å². The lowest BCUT2D eigenvalue weighted by Crippen LogP contribution is -2.64. The average molecular weight is 385 g/mol. The summed E-state index contributed by atoms with van der Waals surface area (Å²) < 4.78 is 12.1. The highest BCUT2D eigenvalue weighted by Gasteiger charge is 2.52. The van der Waals surface area contributed by atoms with Gasteiger partial charge in [0.1, 0.15) is 11.8 Å². The molecule has 4 nitrogen and oxygen atoms in total. The highest BCUT2D eigenvalue weighted by molar-refractivity contribution is 6.81. The number of aliphatic hydroxyl groups is 1. The number of aliphatic hydroxyl groups excluding tert-OH is 1. The molecule has 1 aliphatic carbocycles. The first-order valence-corrected chi connectivity index (χ1v) is 13.7. The summed E-state index contributed by atoms with van der Waals surface area (Å²) in [5.41, 5.74) is -0.161. The van der Waals surface area contributed by atoms with Gasteiger partial charge in [-0.05, 0) is 38.0 Å². The first-order chi connectivity index (χ1) is 11.8. The maximum Gasteiger partial charge on any atom is 0.189 e. The largest absolute Gasteiger partial charge is 0.390 e. The molecule has 26 heavy (non-hydrogen) atoms. The van der Waals surface area contributed by atoms with Crippen molar-refractivity contribution in [3.8, 4) is 0 Å². The molecule has 0 aromatic carbocycles. The predicted molar refractivity (Wildman–Crippen MR) is 108 cm³/mol. The van der Waals surface area contributed by atoms with Gasteiger partial charge in [0.05, 0.1) is 14.2 Å². The summed E-state index contributed by atoms with van der Waals surface area (Å²) in [6.07, 6.45) is 5.11. The molecule has 0 aromatic rings. The Bertz CT molecular complexity index is 489. The fourth-order valence-corrected chi connectivity index (χ4v) is 7.41. The zero-order chi connectivity index (χ0) is 19.8. The number of Topliss-reactive ketones (excluding diaryl/α,β-unsaturated/α-hetero) is 1. The van der Waals surface area contributed by atoms with E-state index in [1.54, 1.807) is 0 Å². The summed E-state index contributed by atoms with van der Waals surface area (Å²) in [5.74, 6) is -0.676. The van der Waals surface area contributed by atoms with Crippen molar-refractivity contribution in [2.45, 2.75) is 116 Å². The Labute approximate surface area is 161 Å². The van der Waals surface area contributed by atoms with Gasteiger partial charge in [-0.25, -0.2) is 0 Å². The number of ketones is 1. The molecule has 3 atom stereocenters. The van der Waals surface area contributed by atoms with E-state index in [0.29, 0.717) is 0 Å². The van der Waals surface area contributed by atoms with Crippen molar-refractivity contribution in [2.75, 3.05) is 0 Å². The number of hydrogen-bond acceptors (Lipinski definition) is 4. The normalized spacial score (nSPS) is 29.6. The molecule has 1 aliphatic heterocycles. The minimum absolute atomic E-state index is 0.0204. The summed E-state index contributed by atoms with van der Waals surface area (Å²) in [6, 6.07) is 1.04. The van der Waals surface area contributed by atoms with Crippen molar-refractivity contribution >= 4 is 13.9 Å². The third-order valence-electron chi connectivity index (χ3n) is 6.02. The molecule has 1 saturated carbocycles. The summed E-state index contributed by atoms with van der Waals surface area (Å²) in [5, 5.41) is 11.0. The maximum atomic E-state index is 13.3. The van der Waals surface area contributed by atoms with Crippen LogP contribution in [0, 0.1) is 11.3 Å². The van der Waals surface area contributed by atoms with Crippen LogP contribution in [0.2, 0.25) is 19.1 Å². The molecule has 1 heterocycles. The lowest BCUT2D eigenvalue weighted by atomic mass is 9.82. The zero-order valence-corrected chi connectivity index (χ0v) is 18.9. The summed E-state index contributed by atoms with van der Waals surface area (Å²) in [4.78, 5) is 13.3. The third kappa shape index (κ3) is 5.63. The van der Waals surface area contributed by atoms with Crippen molar-refractivity contribution in [3.05, 3.63) is 0 Å². The van der Waals surface area contributed by atoms with Crippen LogP contribution < -0.4 is 0 Å². The van der Waals surface area contributed by atoms with Gasteiger partial charge in [-0.15, -0.1) is 0 Å². The Morgan fingerprint density at radius 3 is 2.27 bits per heavy atom. The smallest absolute Gasteiger partial charge is 0.189 e. The van der Waals surface area contributed by atoms with Crippen molar-refractivity contribution in [3.63, 3.8) is 0 Å². The number of ether oxygens (including phenoxy) is 2. The molecule has 2 fully saturated rings. The quantitative estimate of drug-likeness (QED) is 0.698. The van der Waals surface area contributed by atoms with Crippen LogP contribution >= 0.6 is 0 Å². The van der Waals surface area contributed by atoms with E-state index >= 15 is 0 Å². The second-order valence-electron chi connectivity index (χ2n) is 10.8. The molecular formula is C21H40O4Si. The van der Waals surface area contributed by atoms with Crippen LogP contribution in [-0.2, 0) is 14.3 Å². The van der Waals surface area contributed by atoms with Gasteiger partial charge in [-0.3, -0.25) is 4.79 Å². The van der Waals surface area contributed by atoms with E-state index in [4.69, 9.17) is 9.47 Å². The summed E-state index contributed by atoms with van der Waals surface area (Å²) in [6.45, 7) is 15.0. The molecule has 1 saturated heterocycles. The zero-order valence-electron chi connectivity index (χ0n) is 17.9. The van der Waals surface area contributed by atoms with Gasteiger partial charge in [-0.1, -0.05) is 65.6 Å². The van der Waals surface area contributed by atoms with E-state index in [1.807, 2.05) is 13.8 Å². The predicted octanol–water partition coefficient (Wildman–Crippen LogP) is 4.70. The van der Waals surface area contributed by atoms with Gasteiger partial charge >= 0.3 is 0 Å². The Balaban J connectivity index is 2.17. The third-order valence-corrected chi connectivity index (χ3v) is 9.38. The van der Waals surface area contributed by atoms with Gasteiger partial charge in [0.2, 0.25) is 0 Å². The van der Waals surface area contributed by atoms with Crippen LogP contribution in [-0.4, -0.2) is 42.7 Å². The fraction of sp³-hybridized carbons (Fsp3) is 0.952. The second-order valence-corrected chi connectivity index (χ2v) is 15.8. The molecule has 152 valence electrons. The molecule has 0 amide bonds. The molecule has 2 aliphatic rings. The lowest BCUT2D eigenvalue weighted by molar-refractivity contribution is -0.283. The Morgan fingerprint density at radius 2 is 1.73 bits per heavy atom. The van der Waals surface area contributed by atoms with Gasteiger partial charge < -0.3 is 14.6 Å². The minimum atomic E-state index is -1.96. The first-order valence-electron chi connectivity index (χ1n) is 10.4.